The molecule has 1 unspecified atom stereocenters. The third-order valence-electron chi connectivity index (χ3n) is 3.11. The van der Waals surface area contributed by atoms with Crippen LogP contribution in [0.5, 0.6) is 0 Å². The Morgan fingerprint density at radius 2 is 1.80 bits per heavy atom. The molecule has 1 heterocycles. The van der Waals surface area contributed by atoms with Crippen LogP contribution < -0.4 is 0 Å². The molecule has 1 aliphatic rings. The lowest BCUT2D eigenvalue weighted by Gasteiger charge is -2.21. The first kappa shape index (κ1) is 15.0. The molecular weight excluding hydrogens is 291 g/mol. The maximum absolute atomic E-state index is 12.9. The molecular formula is C13H14F3NO2S. The Morgan fingerprint density at radius 1 is 1.10 bits per heavy atom. The average Bonchev–Trinajstić information content (AvgIpc) is 2.62. The lowest BCUT2D eigenvalue weighted by atomic mass is 10.2. The first-order chi connectivity index (χ1) is 9.41. The van der Waals surface area contributed by atoms with Gasteiger partial charge in [0.05, 0.1) is 10.5 Å². The number of carbonyl (C=O) groups excluding carboxylic acids is 1. The monoisotopic (exact) mass is 305 g/mol. The van der Waals surface area contributed by atoms with Crippen molar-refractivity contribution in [3.05, 3.63) is 29.8 Å². The Labute approximate surface area is 117 Å². The molecule has 0 saturated carbocycles. The first-order valence-electron chi connectivity index (χ1n) is 6.30. The average molecular weight is 305 g/mol. The highest BCUT2D eigenvalue weighted by molar-refractivity contribution is 7.83. The molecule has 0 aromatic heterocycles. The molecule has 0 bridgehead atoms. The molecule has 7 heteroatoms. The molecule has 0 N–H and O–H groups in total. The van der Waals surface area contributed by atoms with Gasteiger partial charge in [0.15, 0.2) is 11.0 Å². The zero-order valence-electron chi connectivity index (χ0n) is 10.7. The molecule has 0 aliphatic carbocycles. The van der Waals surface area contributed by atoms with Gasteiger partial charge in [0, 0.05) is 13.0 Å². The largest absolute Gasteiger partial charge is 0.417 e. The van der Waals surface area contributed by atoms with E-state index >= 15 is 0 Å². The summed E-state index contributed by atoms with van der Waals surface area (Å²) in [5, 5.41) is 0. The molecule has 1 aromatic carbocycles. The van der Waals surface area contributed by atoms with E-state index in [4.69, 9.17) is 0 Å². The van der Waals surface area contributed by atoms with Crippen LogP contribution in [0.25, 0.3) is 0 Å². The summed E-state index contributed by atoms with van der Waals surface area (Å²) in [6.07, 6.45) is -2.18. The molecule has 0 radical (unpaired) electrons. The van der Waals surface area contributed by atoms with Crippen LogP contribution in [0, 0.1) is 0 Å². The van der Waals surface area contributed by atoms with Gasteiger partial charge < -0.3 is 0 Å². The predicted octanol–water partition coefficient (Wildman–Crippen LogP) is 3.13. The van der Waals surface area contributed by atoms with Gasteiger partial charge in [-0.15, -0.1) is 0 Å². The van der Waals surface area contributed by atoms with Crippen molar-refractivity contribution < 1.29 is 22.2 Å². The maximum Gasteiger partial charge on any atom is 0.417 e. The van der Waals surface area contributed by atoms with Crippen LogP contribution in [0.3, 0.4) is 0 Å². The molecule has 110 valence electrons. The van der Waals surface area contributed by atoms with Crippen LogP contribution in [-0.4, -0.2) is 21.0 Å². The summed E-state index contributed by atoms with van der Waals surface area (Å²) >= 11 is 0. The zero-order valence-corrected chi connectivity index (χ0v) is 11.5. The van der Waals surface area contributed by atoms with Crippen LogP contribution in [0.4, 0.5) is 13.2 Å². The van der Waals surface area contributed by atoms with Crippen molar-refractivity contribution in [2.24, 2.45) is 0 Å². The van der Waals surface area contributed by atoms with E-state index in [1.165, 1.54) is 12.1 Å². The normalized spacial score (nSPS) is 18.8. The Balaban J connectivity index is 2.36. The van der Waals surface area contributed by atoms with Gasteiger partial charge in [0.2, 0.25) is 5.91 Å². The van der Waals surface area contributed by atoms with Gasteiger partial charge in [-0.2, -0.15) is 13.2 Å². The summed E-state index contributed by atoms with van der Waals surface area (Å²) in [5.74, 6) is -0.349. The third-order valence-corrected chi connectivity index (χ3v) is 4.63. The van der Waals surface area contributed by atoms with E-state index in [1.807, 2.05) is 0 Å². The molecule has 0 spiro atoms. The van der Waals surface area contributed by atoms with E-state index in [0.717, 1.165) is 22.9 Å². The van der Waals surface area contributed by atoms with Crippen molar-refractivity contribution in [1.82, 2.24) is 4.31 Å². The maximum atomic E-state index is 12.9. The molecule has 1 fully saturated rings. The summed E-state index contributed by atoms with van der Waals surface area (Å²) in [5.41, 5.74) is -0.949. The van der Waals surface area contributed by atoms with Gasteiger partial charge in [-0.3, -0.25) is 9.10 Å². The Morgan fingerprint density at radius 3 is 2.50 bits per heavy atom. The molecule has 1 amide bonds. The molecule has 1 atom stereocenters. The van der Waals surface area contributed by atoms with Crippen molar-refractivity contribution in [1.29, 1.82) is 0 Å². The quantitative estimate of drug-likeness (QED) is 0.842. The van der Waals surface area contributed by atoms with Crippen molar-refractivity contribution in [2.75, 3.05) is 6.54 Å². The second kappa shape index (κ2) is 5.95. The van der Waals surface area contributed by atoms with Crippen molar-refractivity contribution in [2.45, 2.75) is 36.8 Å². The second-order valence-electron chi connectivity index (χ2n) is 4.55. The number of carbonyl (C=O) groups is 1. The molecule has 1 aliphatic heterocycles. The Hall–Kier alpha value is -1.37. The minimum atomic E-state index is -4.58. The summed E-state index contributed by atoms with van der Waals surface area (Å²) < 4.78 is 52.1. The number of hydrogen-bond acceptors (Lipinski definition) is 2. The number of halogens is 3. The Kier molecular flexibility index (Phi) is 4.47. The topological polar surface area (TPSA) is 37.4 Å². The molecule has 1 aromatic rings. The summed E-state index contributed by atoms with van der Waals surface area (Å²) in [7, 11) is -2.11. The lowest BCUT2D eigenvalue weighted by molar-refractivity contribution is -0.140. The smallest absolute Gasteiger partial charge is 0.274 e. The predicted molar refractivity (Wildman–Crippen MR) is 68.0 cm³/mol. The summed E-state index contributed by atoms with van der Waals surface area (Å²) in [6, 6.07) is 4.69. The van der Waals surface area contributed by atoms with Crippen LogP contribution in [0.15, 0.2) is 29.2 Å². The fourth-order valence-corrected chi connectivity index (χ4v) is 3.48. The third kappa shape index (κ3) is 3.20. The number of nitrogens with zero attached hydrogens (tertiary/aromatic N) is 1. The molecule has 3 nitrogen and oxygen atoms in total. The fourth-order valence-electron chi connectivity index (χ4n) is 2.11. The van der Waals surface area contributed by atoms with E-state index in [2.05, 4.69) is 0 Å². The van der Waals surface area contributed by atoms with Gasteiger partial charge in [0.1, 0.15) is 0 Å². The van der Waals surface area contributed by atoms with E-state index in [0.29, 0.717) is 12.8 Å². The Bertz CT molecular complexity index is 531. The van der Waals surface area contributed by atoms with E-state index in [1.54, 1.807) is 0 Å². The first-order valence-corrected chi connectivity index (χ1v) is 7.40. The minimum absolute atomic E-state index is 0.234. The highest BCUT2D eigenvalue weighted by Gasteiger charge is 2.36. The standard InChI is InChI=1S/C13H14F3NO2S/c14-13(15,16)10-6-3-4-7-11(10)20(19)17-9-5-1-2-8-12(17)18/h3-4,6-7H,1-2,5,8-9H2. The number of rotatable bonds is 2. The highest BCUT2D eigenvalue weighted by Crippen LogP contribution is 2.34. The molecule has 1 saturated heterocycles. The minimum Gasteiger partial charge on any atom is -0.274 e. The van der Waals surface area contributed by atoms with Gasteiger partial charge in [-0.05, 0) is 25.0 Å². The highest BCUT2D eigenvalue weighted by atomic mass is 32.2. The van der Waals surface area contributed by atoms with Gasteiger partial charge in [-0.25, -0.2) is 4.21 Å². The van der Waals surface area contributed by atoms with Gasteiger partial charge in [-0.1, -0.05) is 18.6 Å². The molecule has 2 rings (SSSR count). The van der Waals surface area contributed by atoms with Gasteiger partial charge >= 0.3 is 6.18 Å². The van der Waals surface area contributed by atoms with Crippen molar-refractivity contribution in [3.8, 4) is 0 Å². The SMILES string of the molecule is O=C1CCCCCN1S(=O)c1ccccc1C(F)(F)F. The lowest BCUT2D eigenvalue weighted by Crippen LogP contribution is -2.33. The van der Waals surface area contributed by atoms with Crippen molar-refractivity contribution >= 4 is 16.9 Å². The fraction of sp³-hybridized carbons (Fsp3) is 0.462. The second-order valence-corrected chi connectivity index (χ2v) is 5.93. The number of alkyl halides is 3. The van der Waals surface area contributed by atoms with E-state index in [9.17, 15) is 22.2 Å². The van der Waals surface area contributed by atoms with Crippen LogP contribution in [0.1, 0.15) is 31.2 Å². The van der Waals surface area contributed by atoms with Gasteiger partial charge in [0.25, 0.3) is 0 Å². The van der Waals surface area contributed by atoms with E-state index < -0.39 is 22.7 Å². The van der Waals surface area contributed by atoms with Crippen LogP contribution in [-0.2, 0) is 22.0 Å². The van der Waals surface area contributed by atoms with Crippen molar-refractivity contribution in [3.63, 3.8) is 0 Å². The number of benzene rings is 1. The summed E-state index contributed by atoms with van der Waals surface area (Å²) in [4.78, 5) is 11.5. The zero-order chi connectivity index (χ0) is 14.8. The van der Waals surface area contributed by atoms with Crippen LogP contribution in [0.2, 0.25) is 0 Å². The van der Waals surface area contributed by atoms with Crippen LogP contribution >= 0.6 is 0 Å². The number of hydrogen-bond donors (Lipinski definition) is 0. The number of amides is 1. The molecule has 20 heavy (non-hydrogen) atoms. The summed E-state index contributed by atoms with van der Waals surface area (Å²) in [6.45, 7) is 0.234. The van der Waals surface area contributed by atoms with E-state index in [-0.39, 0.29) is 23.8 Å².